The van der Waals surface area contributed by atoms with Gasteiger partial charge in [-0.25, -0.2) is 0 Å². The van der Waals surface area contributed by atoms with Crippen LogP contribution in [0.3, 0.4) is 0 Å². The third-order valence-corrected chi connectivity index (χ3v) is 6.89. The van der Waals surface area contributed by atoms with Gasteiger partial charge in [0.25, 0.3) is 5.91 Å². The Bertz CT molecular complexity index is 1440. The summed E-state index contributed by atoms with van der Waals surface area (Å²) in [6.07, 6.45) is -4.52. The van der Waals surface area contributed by atoms with Crippen LogP contribution >= 0.6 is 0 Å². The van der Waals surface area contributed by atoms with Gasteiger partial charge in [0.05, 0.1) is 11.1 Å². The lowest BCUT2D eigenvalue weighted by Crippen LogP contribution is -2.45. The molecule has 3 aromatic carbocycles. The van der Waals surface area contributed by atoms with Gasteiger partial charge in [-0.3, -0.25) is 14.6 Å². The van der Waals surface area contributed by atoms with Gasteiger partial charge < -0.3 is 14.8 Å². The van der Waals surface area contributed by atoms with Gasteiger partial charge in [0.2, 0.25) is 0 Å². The zero-order valence-electron chi connectivity index (χ0n) is 20.9. The largest absolute Gasteiger partial charge is 0.508 e. The minimum Gasteiger partial charge on any atom is -0.508 e. The number of halogens is 3. The van der Waals surface area contributed by atoms with E-state index in [9.17, 15) is 23.1 Å². The van der Waals surface area contributed by atoms with Crippen LogP contribution in [0, 0.1) is 6.92 Å². The summed E-state index contributed by atoms with van der Waals surface area (Å²) >= 11 is 0. The van der Waals surface area contributed by atoms with Crippen molar-refractivity contribution in [3.63, 3.8) is 0 Å². The molecule has 2 heterocycles. The normalized spacial score (nSPS) is 15.2. The second-order valence-electron chi connectivity index (χ2n) is 9.54. The van der Waals surface area contributed by atoms with Crippen LogP contribution in [0.2, 0.25) is 0 Å². The minimum absolute atomic E-state index is 0.0230. The molecule has 4 aromatic rings. The Labute approximate surface area is 218 Å². The molecular weight excluding hydrogens is 495 g/mol. The van der Waals surface area contributed by atoms with Crippen molar-refractivity contribution in [3.05, 3.63) is 94.7 Å². The number of alkyl halides is 3. The molecule has 198 valence electrons. The number of hydrogen-bond donors (Lipinski definition) is 2. The van der Waals surface area contributed by atoms with Crippen LogP contribution in [0.5, 0.6) is 5.75 Å². The Morgan fingerprint density at radius 2 is 1.63 bits per heavy atom. The first-order valence-electron chi connectivity index (χ1n) is 12.4. The van der Waals surface area contributed by atoms with Crippen LogP contribution in [-0.4, -0.2) is 47.0 Å². The molecule has 0 unspecified atom stereocenters. The number of carbonyl (C=O) groups is 1. The number of fused-ring (bicyclic) bond motifs is 1. The number of aromatic hydroxyl groups is 1. The highest BCUT2D eigenvalue weighted by Gasteiger charge is 2.31. The average molecular weight is 524 g/mol. The molecule has 5 rings (SSSR count). The quantitative estimate of drug-likeness (QED) is 0.323. The lowest BCUT2D eigenvalue weighted by Gasteiger charge is -2.35. The van der Waals surface area contributed by atoms with E-state index in [4.69, 9.17) is 4.42 Å². The first-order chi connectivity index (χ1) is 18.2. The van der Waals surface area contributed by atoms with Gasteiger partial charge in [-0.1, -0.05) is 36.4 Å². The van der Waals surface area contributed by atoms with E-state index >= 15 is 0 Å². The molecule has 0 spiro atoms. The van der Waals surface area contributed by atoms with E-state index in [1.54, 1.807) is 19.1 Å². The maximum absolute atomic E-state index is 13.3. The van der Waals surface area contributed by atoms with Crippen LogP contribution in [0.15, 0.2) is 71.1 Å². The summed E-state index contributed by atoms with van der Waals surface area (Å²) < 4.78 is 45.2. The Hall–Kier alpha value is -3.82. The first kappa shape index (κ1) is 25.8. The molecule has 0 bridgehead atoms. The van der Waals surface area contributed by atoms with Crippen molar-refractivity contribution in [3.8, 4) is 5.75 Å². The number of furan rings is 1. The molecule has 1 fully saturated rings. The highest BCUT2D eigenvalue weighted by atomic mass is 19.4. The smallest absolute Gasteiger partial charge is 0.416 e. The van der Waals surface area contributed by atoms with Gasteiger partial charge in [0.1, 0.15) is 17.1 Å². The molecule has 0 radical (unpaired) electrons. The van der Waals surface area contributed by atoms with Crippen molar-refractivity contribution >= 4 is 22.6 Å². The minimum atomic E-state index is -4.52. The number of nitrogens with one attached hydrogen (secondary N) is 1. The summed E-state index contributed by atoms with van der Waals surface area (Å²) in [7, 11) is 0. The number of benzene rings is 3. The van der Waals surface area contributed by atoms with Crippen LogP contribution < -0.4 is 5.32 Å². The van der Waals surface area contributed by atoms with Crippen LogP contribution in [0.25, 0.3) is 11.0 Å². The standard InChI is InChI=1S/C29H28F3N3O3/c1-19-26(28(37)33-22-9-5-8-21(16-22)29(30,31)32)27-23(24(36)10-11-25(27)38-19)18-35-14-12-34(13-15-35)17-20-6-3-2-4-7-20/h2-11,16,36H,12-15,17-18H2,1H3,(H,33,37). The number of carbonyl (C=O) groups excluding carboxylic acids is 1. The molecule has 1 aliphatic heterocycles. The van der Waals surface area contributed by atoms with Gasteiger partial charge in [0.15, 0.2) is 0 Å². The van der Waals surface area contributed by atoms with Crippen LogP contribution in [0.4, 0.5) is 18.9 Å². The summed E-state index contributed by atoms with van der Waals surface area (Å²) in [5.41, 5.74) is 1.63. The predicted octanol–water partition coefficient (Wildman–Crippen LogP) is 6.04. The number of nitrogens with zero attached hydrogens (tertiary/aromatic N) is 2. The number of rotatable bonds is 6. The lowest BCUT2D eigenvalue weighted by molar-refractivity contribution is -0.137. The maximum Gasteiger partial charge on any atom is 0.416 e. The van der Waals surface area contributed by atoms with E-state index < -0.39 is 17.6 Å². The summed E-state index contributed by atoms with van der Waals surface area (Å²) in [6.45, 7) is 6.19. The number of phenols is 1. The van der Waals surface area contributed by atoms with Crippen molar-refractivity contribution in [1.29, 1.82) is 0 Å². The third-order valence-electron chi connectivity index (χ3n) is 6.89. The van der Waals surface area contributed by atoms with Gasteiger partial charge in [-0.05, 0) is 42.8 Å². The summed E-state index contributed by atoms with van der Waals surface area (Å²) in [6, 6.07) is 17.9. The number of anilines is 1. The molecule has 0 atom stereocenters. The molecule has 6 nitrogen and oxygen atoms in total. The fourth-order valence-corrected chi connectivity index (χ4v) is 4.94. The predicted molar refractivity (Wildman–Crippen MR) is 139 cm³/mol. The van der Waals surface area contributed by atoms with Gasteiger partial charge >= 0.3 is 6.18 Å². The number of hydrogen-bond acceptors (Lipinski definition) is 5. The second-order valence-corrected chi connectivity index (χ2v) is 9.54. The Morgan fingerprint density at radius 3 is 2.32 bits per heavy atom. The fourth-order valence-electron chi connectivity index (χ4n) is 4.94. The van der Waals surface area contributed by atoms with Gasteiger partial charge in [-0.2, -0.15) is 13.2 Å². The zero-order valence-corrected chi connectivity index (χ0v) is 20.9. The molecule has 9 heteroatoms. The Kier molecular flexibility index (Phi) is 7.14. The van der Waals surface area contributed by atoms with Crippen molar-refractivity contribution < 1.29 is 27.5 Å². The van der Waals surface area contributed by atoms with Gasteiger partial charge in [0, 0.05) is 55.9 Å². The molecule has 1 aliphatic rings. The van der Waals surface area contributed by atoms with E-state index in [-0.39, 0.29) is 17.0 Å². The fraction of sp³-hybridized carbons (Fsp3) is 0.276. The average Bonchev–Trinajstić information content (AvgIpc) is 3.23. The SMILES string of the molecule is Cc1oc2ccc(O)c(CN3CCN(Cc4ccccc4)CC3)c2c1C(=O)Nc1cccc(C(F)(F)F)c1. The molecule has 1 saturated heterocycles. The Morgan fingerprint density at radius 1 is 0.947 bits per heavy atom. The molecule has 38 heavy (non-hydrogen) atoms. The molecule has 2 N–H and O–H groups in total. The van der Waals surface area contributed by atoms with Crippen molar-refractivity contribution in [2.45, 2.75) is 26.2 Å². The van der Waals surface area contributed by atoms with E-state index in [1.165, 1.54) is 17.7 Å². The highest BCUT2D eigenvalue weighted by Crippen LogP contribution is 2.36. The van der Waals surface area contributed by atoms with E-state index in [1.807, 2.05) is 18.2 Å². The first-order valence-corrected chi connectivity index (χ1v) is 12.4. The number of amides is 1. The molecular formula is C29H28F3N3O3. The molecule has 1 aromatic heterocycles. The molecule has 0 aliphatic carbocycles. The van der Waals surface area contributed by atoms with Gasteiger partial charge in [-0.15, -0.1) is 0 Å². The molecule has 1 amide bonds. The van der Waals surface area contributed by atoms with E-state index in [0.717, 1.165) is 44.9 Å². The monoisotopic (exact) mass is 523 g/mol. The highest BCUT2D eigenvalue weighted by molar-refractivity contribution is 6.14. The lowest BCUT2D eigenvalue weighted by atomic mass is 10.0. The maximum atomic E-state index is 13.3. The number of piperazine rings is 1. The second kappa shape index (κ2) is 10.5. The van der Waals surface area contributed by atoms with E-state index in [0.29, 0.717) is 28.8 Å². The van der Waals surface area contributed by atoms with Crippen LogP contribution in [0.1, 0.15) is 32.8 Å². The number of phenolic OH excluding ortho intramolecular Hbond substituents is 1. The third kappa shape index (κ3) is 5.54. The zero-order chi connectivity index (χ0) is 26.9. The molecule has 0 saturated carbocycles. The van der Waals surface area contributed by atoms with Crippen LogP contribution in [-0.2, 0) is 19.3 Å². The Balaban J connectivity index is 1.36. The van der Waals surface area contributed by atoms with E-state index in [2.05, 4.69) is 27.2 Å². The van der Waals surface area contributed by atoms with Crippen molar-refractivity contribution in [2.24, 2.45) is 0 Å². The van der Waals surface area contributed by atoms with Crippen molar-refractivity contribution in [2.75, 3.05) is 31.5 Å². The topological polar surface area (TPSA) is 69.0 Å². The van der Waals surface area contributed by atoms with Crippen molar-refractivity contribution in [1.82, 2.24) is 9.80 Å². The summed E-state index contributed by atoms with van der Waals surface area (Å²) in [4.78, 5) is 17.9. The summed E-state index contributed by atoms with van der Waals surface area (Å²) in [5.74, 6) is -0.234. The summed E-state index contributed by atoms with van der Waals surface area (Å²) in [5, 5.41) is 13.8. The number of aryl methyl sites for hydroxylation is 1.